The summed E-state index contributed by atoms with van der Waals surface area (Å²) in [4.78, 5) is 4.56. The number of piperazine rings is 1. The van der Waals surface area contributed by atoms with Gasteiger partial charge in [0, 0.05) is 70.3 Å². The van der Waals surface area contributed by atoms with E-state index in [1.165, 1.54) is 6.07 Å². The van der Waals surface area contributed by atoms with Crippen LogP contribution in [-0.4, -0.2) is 72.6 Å². The Morgan fingerprint density at radius 1 is 1.33 bits per heavy atom. The van der Waals surface area contributed by atoms with Crippen LogP contribution in [-0.2, 0) is 6.42 Å². The predicted octanol–water partition coefficient (Wildman–Crippen LogP) is 1.96. The zero-order valence-corrected chi connectivity index (χ0v) is 18.0. The number of rotatable bonds is 10. The van der Waals surface area contributed by atoms with Crippen molar-refractivity contribution in [2.75, 3.05) is 52.1 Å². The number of hydrogen-bond donors (Lipinski definition) is 4. The van der Waals surface area contributed by atoms with Gasteiger partial charge in [0.15, 0.2) is 11.6 Å². The van der Waals surface area contributed by atoms with Gasteiger partial charge in [-0.05, 0) is 43.9 Å². The van der Waals surface area contributed by atoms with Crippen LogP contribution in [0.3, 0.4) is 0 Å². The Morgan fingerprint density at radius 3 is 2.63 bits per heavy atom. The van der Waals surface area contributed by atoms with Crippen molar-refractivity contribution in [2.24, 2.45) is 0 Å². The fourth-order valence-corrected chi connectivity index (χ4v) is 3.64. The Hall–Kier alpha value is -2.32. The molecule has 1 aliphatic carbocycles. The monoisotopic (exact) mass is 419 g/mol. The summed E-state index contributed by atoms with van der Waals surface area (Å²) in [6.45, 7) is 6.67. The Bertz CT molecular complexity index is 786. The first-order valence-electron chi connectivity index (χ1n) is 10.7. The van der Waals surface area contributed by atoms with Gasteiger partial charge in [-0.3, -0.25) is 4.90 Å². The molecule has 0 bridgehead atoms. The summed E-state index contributed by atoms with van der Waals surface area (Å²) in [5, 5.41) is 20.6. The first-order chi connectivity index (χ1) is 14.3. The zero-order chi connectivity index (χ0) is 21.7. The number of aliphatic hydroxyl groups excluding tert-OH is 1. The first kappa shape index (κ1) is 22.4. The lowest BCUT2D eigenvalue weighted by atomic mass is 10.0. The maximum atomic E-state index is 14.2. The number of aliphatic hydroxyl groups is 1. The van der Waals surface area contributed by atoms with Crippen molar-refractivity contribution in [3.63, 3.8) is 0 Å². The lowest BCUT2D eigenvalue weighted by molar-refractivity contribution is 0.143. The minimum atomic E-state index is -0.457. The SMILES string of the molecule is CN/C(=C\C(=N)Cc1cc(OC2(C)CC2)c(F)cc1N)N1CCN(CCCO)CC1. The summed E-state index contributed by atoms with van der Waals surface area (Å²) in [7, 11) is 1.85. The minimum absolute atomic E-state index is 0.212. The van der Waals surface area contributed by atoms with Gasteiger partial charge < -0.3 is 31.2 Å². The van der Waals surface area contributed by atoms with Gasteiger partial charge in [-0.15, -0.1) is 0 Å². The topological polar surface area (TPSA) is 97.8 Å². The van der Waals surface area contributed by atoms with E-state index in [1.807, 2.05) is 20.0 Å². The number of hydrogen-bond acceptors (Lipinski definition) is 7. The van der Waals surface area contributed by atoms with Gasteiger partial charge >= 0.3 is 0 Å². The largest absolute Gasteiger partial charge is 0.484 e. The second-order valence-electron chi connectivity index (χ2n) is 8.42. The molecule has 0 radical (unpaired) electrons. The number of allylic oxidation sites excluding steroid dienone is 1. The molecule has 2 aliphatic rings. The van der Waals surface area contributed by atoms with Crippen molar-refractivity contribution in [3.8, 4) is 5.75 Å². The van der Waals surface area contributed by atoms with Gasteiger partial charge in [-0.1, -0.05) is 0 Å². The summed E-state index contributed by atoms with van der Waals surface area (Å²) in [5.74, 6) is 0.648. The lowest BCUT2D eigenvalue weighted by Gasteiger charge is -2.37. The molecule has 30 heavy (non-hydrogen) atoms. The van der Waals surface area contributed by atoms with Gasteiger partial charge in [-0.2, -0.15) is 0 Å². The summed E-state index contributed by atoms with van der Waals surface area (Å²) in [6, 6.07) is 2.92. The van der Waals surface area contributed by atoms with E-state index in [2.05, 4.69) is 15.1 Å². The third-order valence-corrected chi connectivity index (χ3v) is 5.80. The number of halogens is 1. The number of ether oxygens (including phenoxy) is 1. The molecule has 1 heterocycles. The van der Waals surface area contributed by atoms with E-state index in [9.17, 15) is 4.39 Å². The highest BCUT2D eigenvalue weighted by Gasteiger charge is 2.40. The summed E-state index contributed by atoms with van der Waals surface area (Å²) < 4.78 is 20.0. The highest BCUT2D eigenvalue weighted by Crippen LogP contribution is 2.41. The maximum Gasteiger partial charge on any atom is 0.167 e. The predicted molar refractivity (Wildman–Crippen MR) is 117 cm³/mol. The molecular weight excluding hydrogens is 385 g/mol. The number of nitrogens with zero attached hydrogens (tertiary/aromatic N) is 2. The molecule has 5 N–H and O–H groups in total. The van der Waals surface area contributed by atoms with Crippen LogP contribution in [0.4, 0.5) is 10.1 Å². The van der Waals surface area contributed by atoms with E-state index >= 15 is 0 Å². The normalized spacial score (nSPS) is 18.9. The Balaban J connectivity index is 1.63. The van der Waals surface area contributed by atoms with Gasteiger partial charge in [0.2, 0.25) is 0 Å². The van der Waals surface area contributed by atoms with Crippen molar-refractivity contribution < 1.29 is 14.2 Å². The minimum Gasteiger partial charge on any atom is -0.484 e. The molecule has 7 nitrogen and oxygen atoms in total. The molecule has 0 unspecified atom stereocenters. The van der Waals surface area contributed by atoms with Crippen molar-refractivity contribution >= 4 is 11.4 Å². The molecular formula is C22H34FN5O2. The van der Waals surface area contributed by atoms with E-state index in [0.29, 0.717) is 23.4 Å². The van der Waals surface area contributed by atoms with Gasteiger partial charge in [0.05, 0.1) is 0 Å². The average Bonchev–Trinajstić information content (AvgIpc) is 3.45. The smallest absolute Gasteiger partial charge is 0.167 e. The molecule has 166 valence electrons. The molecule has 0 atom stereocenters. The Labute approximate surface area is 178 Å². The van der Waals surface area contributed by atoms with Crippen LogP contribution in [0.25, 0.3) is 0 Å². The third-order valence-electron chi connectivity index (χ3n) is 5.80. The van der Waals surface area contributed by atoms with E-state index in [-0.39, 0.29) is 18.0 Å². The van der Waals surface area contributed by atoms with Crippen LogP contribution in [0.1, 0.15) is 31.7 Å². The van der Waals surface area contributed by atoms with Crippen LogP contribution >= 0.6 is 0 Å². The summed E-state index contributed by atoms with van der Waals surface area (Å²) in [6.07, 6.45) is 4.76. The van der Waals surface area contributed by atoms with Crippen LogP contribution in [0, 0.1) is 11.2 Å². The summed E-state index contributed by atoms with van der Waals surface area (Å²) >= 11 is 0. The highest BCUT2D eigenvalue weighted by atomic mass is 19.1. The fourth-order valence-electron chi connectivity index (χ4n) is 3.64. The number of benzene rings is 1. The van der Waals surface area contributed by atoms with Crippen molar-refractivity contribution in [3.05, 3.63) is 35.4 Å². The van der Waals surface area contributed by atoms with Crippen LogP contribution in [0.5, 0.6) is 5.75 Å². The number of nitrogen functional groups attached to an aromatic ring is 1. The Kier molecular flexibility index (Phi) is 7.20. The maximum absolute atomic E-state index is 14.2. The van der Waals surface area contributed by atoms with E-state index in [1.54, 1.807) is 6.07 Å². The van der Waals surface area contributed by atoms with Gasteiger partial charge in [-0.25, -0.2) is 4.39 Å². The second kappa shape index (κ2) is 9.66. The lowest BCUT2D eigenvalue weighted by Crippen LogP contribution is -2.48. The van der Waals surface area contributed by atoms with Crippen molar-refractivity contribution in [1.82, 2.24) is 15.1 Å². The van der Waals surface area contributed by atoms with Crippen molar-refractivity contribution in [1.29, 1.82) is 5.41 Å². The highest BCUT2D eigenvalue weighted by molar-refractivity contribution is 5.95. The molecule has 8 heteroatoms. The standard InChI is InChI=1S/C22H34FN5O2/c1-22(4-5-22)30-20-13-16(19(25)15-18(20)23)12-17(24)14-21(26-2)28-9-7-27(8-10-28)6-3-11-29/h13-15,24,26,29H,3-12,25H2,1-2H3/b21-14+,24-17?. The Morgan fingerprint density at radius 2 is 2.03 bits per heavy atom. The number of anilines is 1. The molecule has 3 rings (SSSR count). The van der Waals surface area contributed by atoms with Crippen LogP contribution < -0.4 is 15.8 Å². The van der Waals surface area contributed by atoms with E-state index in [0.717, 1.165) is 57.8 Å². The fraction of sp³-hybridized carbons (Fsp3) is 0.591. The summed E-state index contributed by atoms with van der Waals surface area (Å²) in [5.41, 5.74) is 7.16. The van der Waals surface area contributed by atoms with Crippen molar-refractivity contribution in [2.45, 2.75) is 38.2 Å². The molecule has 1 aromatic rings. The molecule has 2 fully saturated rings. The molecule has 0 aromatic heterocycles. The quantitative estimate of drug-likeness (QED) is 0.342. The van der Waals surface area contributed by atoms with Gasteiger partial charge in [0.1, 0.15) is 11.4 Å². The molecule has 0 amide bonds. The number of nitrogens with two attached hydrogens (primary N) is 1. The molecule has 1 saturated carbocycles. The molecule has 1 aliphatic heterocycles. The third kappa shape index (κ3) is 5.86. The zero-order valence-electron chi connectivity index (χ0n) is 18.0. The molecule has 0 spiro atoms. The molecule has 1 aromatic carbocycles. The van der Waals surface area contributed by atoms with Gasteiger partial charge in [0.25, 0.3) is 0 Å². The first-order valence-corrected chi connectivity index (χ1v) is 10.7. The number of nitrogens with one attached hydrogen (secondary N) is 2. The van der Waals surface area contributed by atoms with Crippen LogP contribution in [0.2, 0.25) is 0 Å². The second-order valence-corrected chi connectivity index (χ2v) is 8.42. The average molecular weight is 420 g/mol. The van der Waals surface area contributed by atoms with E-state index < -0.39 is 5.82 Å². The van der Waals surface area contributed by atoms with E-state index in [4.69, 9.17) is 21.0 Å². The molecule has 1 saturated heterocycles. The van der Waals surface area contributed by atoms with Crippen LogP contribution in [0.15, 0.2) is 24.0 Å².